The predicted molar refractivity (Wildman–Crippen MR) is 76.6 cm³/mol. The van der Waals surface area contributed by atoms with Gasteiger partial charge in [-0.25, -0.2) is 0 Å². The third-order valence-corrected chi connectivity index (χ3v) is 3.41. The summed E-state index contributed by atoms with van der Waals surface area (Å²) in [5, 5.41) is 20.4. The lowest BCUT2D eigenvalue weighted by atomic mass is 10.2. The maximum atomic E-state index is 9.74. The van der Waals surface area contributed by atoms with Crippen LogP contribution in [0, 0.1) is 11.3 Å². The highest BCUT2D eigenvalue weighted by molar-refractivity contribution is 7.09. The molecule has 0 aliphatic heterocycles. The fourth-order valence-electron chi connectivity index (χ4n) is 1.56. The molecule has 0 radical (unpaired) electrons. The molecule has 0 saturated heterocycles. The molecule has 2 aromatic rings. The topological polar surface area (TPSA) is 62.5 Å². The zero-order valence-electron chi connectivity index (χ0n) is 10.9. The molecule has 0 aliphatic carbocycles. The van der Waals surface area contributed by atoms with Crippen molar-refractivity contribution in [3.8, 4) is 11.8 Å². The Kier molecular flexibility index (Phi) is 5.56. The Morgan fingerprint density at radius 2 is 2.00 bits per heavy atom. The summed E-state index contributed by atoms with van der Waals surface area (Å²) in [4.78, 5) is 1.13. The van der Waals surface area contributed by atoms with E-state index in [4.69, 9.17) is 14.7 Å². The average molecular weight is 289 g/mol. The van der Waals surface area contributed by atoms with Gasteiger partial charge in [0.2, 0.25) is 0 Å². The van der Waals surface area contributed by atoms with Crippen molar-refractivity contribution in [1.82, 2.24) is 0 Å². The number of aliphatic hydroxyl groups is 1. The van der Waals surface area contributed by atoms with E-state index in [0.29, 0.717) is 17.9 Å². The molecular weight excluding hydrogens is 274 g/mol. The summed E-state index contributed by atoms with van der Waals surface area (Å²) >= 11 is 1.62. The second-order valence-corrected chi connectivity index (χ2v) is 5.23. The van der Waals surface area contributed by atoms with Crippen LogP contribution in [0.15, 0.2) is 41.8 Å². The Morgan fingerprint density at radius 3 is 2.65 bits per heavy atom. The molecule has 20 heavy (non-hydrogen) atoms. The van der Waals surface area contributed by atoms with E-state index in [0.717, 1.165) is 4.88 Å². The van der Waals surface area contributed by atoms with E-state index in [9.17, 15) is 5.11 Å². The van der Waals surface area contributed by atoms with E-state index >= 15 is 0 Å². The summed E-state index contributed by atoms with van der Waals surface area (Å²) in [6, 6.07) is 12.8. The molecule has 1 unspecified atom stereocenters. The smallest absolute Gasteiger partial charge is 0.119 e. The van der Waals surface area contributed by atoms with Crippen molar-refractivity contribution in [2.24, 2.45) is 0 Å². The van der Waals surface area contributed by atoms with Gasteiger partial charge in [0, 0.05) is 4.88 Å². The molecular formula is C15H15NO3S. The SMILES string of the molecule is N#Cc1ccc(OCC(O)COCc2cccs2)cc1. The molecule has 0 aliphatic rings. The molecule has 1 aromatic heterocycles. The van der Waals surface area contributed by atoms with Crippen LogP contribution in [0.2, 0.25) is 0 Å². The summed E-state index contributed by atoms with van der Waals surface area (Å²) in [5.74, 6) is 0.626. The van der Waals surface area contributed by atoms with Crippen molar-refractivity contribution >= 4 is 11.3 Å². The van der Waals surface area contributed by atoms with Crippen molar-refractivity contribution in [1.29, 1.82) is 5.26 Å². The minimum atomic E-state index is -0.675. The molecule has 1 aromatic carbocycles. The molecule has 0 bridgehead atoms. The number of ether oxygens (including phenoxy) is 2. The van der Waals surface area contributed by atoms with Gasteiger partial charge in [-0.1, -0.05) is 6.07 Å². The van der Waals surface area contributed by atoms with Crippen LogP contribution in [0.5, 0.6) is 5.75 Å². The van der Waals surface area contributed by atoms with Crippen molar-refractivity contribution < 1.29 is 14.6 Å². The van der Waals surface area contributed by atoms with Gasteiger partial charge in [0.1, 0.15) is 18.5 Å². The van der Waals surface area contributed by atoms with Crippen LogP contribution in [-0.4, -0.2) is 24.4 Å². The fraction of sp³-hybridized carbons (Fsp3) is 0.267. The number of thiophene rings is 1. The highest BCUT2D eigenvalue weighted by Gasteiger charge is 2.06. The Morgan fingerprint density at radius 1 is 1.20 bits per heavy atom. The number of nitrogens with zero attached hydrogens (tertiary/aromatic N) is 1. The van der Waals surface area contributed by atoms with Crippen molar-refractivity contribution in [2.45, 2.75) is 12.7 Å². The lowest BCUT2D eigenvalue weighted by Crippen LogP contribution is -2.23. The quantitative estimate of drug-likeness (QED) is 0.851. The van der Waals surface area contributed by atoms with Crippen LogP contribution in [0.1, 0.15) is 10.4 Å². The van der Waals surface area contributed by atoms with Gasteiger partial charge in [-0.05, 0) is 35.7 Å². The van der Waals surface area contributed by atoms with E-state index in [1.807, 2.05) is 23.6 Å². The standard InChI is InChI=1S/C15H15NO3S/c16-8-12-3-5-14(6-4-12)19-10-13(17)9-18-11-15-2-1-7-20-15/h1-7,13,17H,9-11H2. The molecule has 1 N–H and O–H groups in total. The summed E-state index contributed by atoms with van der Waals surface area (Å²) in [5.41, 5.74) is 0.581. The molecule has 1 atom stereocenters. The summed E-state index contributed by atoms with van der Waals surface area (Å²) in [7, 11) is 0. The van der Waals surface area contributed by atoms with E-state index in [1.54, 1.807) is 35.6 Å². The fourth-order valence-corrected chi connectivity index (χ4v) is 2.20. The van der Waals surface area contributed by atoms with Crippen molar-refractivity contribution in [3.05, 3.63) is 52.2 Å². The summed E-state index contributed by atoms with van der Waals surface area (Å²) < 4.78 is 10.8. The number of nitriles is 1. The van der Waals surface area contributed by atoms with Crippen LogP contribution in [-0.2, 0) is 11.3 Å². The van der Waals surface area contributed by atoms with Crippen LogP contribution in [0.4, 0.5) is 0 Å². The minimum Gasteiger partial charge on any atom is -0.491 e. The van der Waals surface area contributed by atoms with Gasteiger partial charge in [0.15, 0.2) is 0 Å². The lowest BCUT2D eigenvalue weighted by Gasteiger charge is -2.12. The highest BCUT2D eigenvalue weighted by atomic mass is 32.1. The molecule has 0 saturated carbocycles. The number of benzene rings is 1. The van der Waals surface area contributed by atoms with Crippen molar-refractivity contribution in [2.75, 3.05) is 13.2 Å². The van der Waals surface area contributed by atoms with Crippen LogP contribution in [0.25, 0.3) is 0 Å². The molecule has 0 amide bonds. The third-order valence-electron chi connectivity index (χ3n) is 2.56. The van der Waals surface area contributed by atoms with Gasteiger partial charge < -0.3 is 14.6 Å². The zero-order chi connectivity index (χ0) is 14.2. The normalized spacial score (nSPS) is 11.8. The van der Waals surface area contributed by atoms with E-state index in [-0.39, 0.29) is 13.2 Å². The second kappa shape index (κ2) is 7.65. The van der Waals surface area contributed by atoms with Gasteiger partial charge in [-0.2, -0.15) is 5.26 Å². The monoisotopic (exact) mass is 289 g/mol. The minimum absolute atomic E-state index is 0.163. The third kappa shape index (κ3) is 4.67. The van der Waals surface area contributed by atoms with Gasteiger partial charge in [0.05, 0.1) is 24.8 Å². The molecule has 0 fully saturated rings. The number of rotatable bonds is 7. The average Bonchev–Trinajstić information content (AvgIpc) is 2.99. The molecule has 5 heteroatoms. The molecule has 2 rings (SSSR count). The van der Waals surface area contributed by atoms with E-state index in [2.05, 4.69) is 0 Å². The predicted octanol–water partition coefficient (Wildman–Crippen LogP) is 2.58. The van der Waals surface area contributed by atoms with Crippen LogP contribution >= 0.6 is 11.3 Å². The zero-order valence-corrected chi connectivity index (χ0v) is 11.7. The van der Waals surface area contributed by atoms with Crippen molar-refractivity contribution in [3.63, 3.8) is 0 Å². The maximum Gasteiger partial charge on any atom is 0.119 e. The molecule has 1 heterocycles. The lowest BCUT2D eigenvalue weighted by molar-refractivity contribution is 0.00625. The first-order valence-corrected chi connectivity index (χ1v) is 7.07. The Balaban J connectivity index is 1.66. The van der Waals surface area contributed by atoms with Gasteiger partial charge in [-0.3, -0.25) is 0 Å². The van der Waals surface area contributed by atoms with Crippen LogP contribution < -0.4 is 4.74 Å². The van der Waals surface area contributed by atoms with Gasteiger partial charge in [-0.15, -0.1) is 11.3 Å². The highest BCUT2D eigenvalue weighted by Crippen LogP contribution is 2.12. The molecule has 4 nitrogen and oxygen atoms in total. The Hall–Kier alpha value is -1.87. The maximum absolute atomic E-state index is 9.74. The summed E-state index contributed by atoms with van der Waals surface area (Å²) in [6.07, 6.45) is -0.675. The first-order valence-electron chi connectivity index (χ1n) is 6.19. The number of aliphatic hydroxyl groups excluding tert-OH is 1. The summed E-state index contributed by atoms with van der Waals surface area (Å²) in [6.45, 7) is 0.899. The van der Waals surface area contributed by atoms with E-state index < -0.39 is 6.10 Å². The van der Waals surface area contributed by atoms with Gasteiger partial charge >= 0.3 is 0 Å². The van der Waals surface area contributed by atoms with E-state index in [1.165, 1.54) is 0 Å². The molecule has 0 spiro atoms. The first kappa shape index (κ1) is 14.5. The number of hydrogen-bond acceptors (Lipinski definition) is 5. The van der Waals surface area contributed by atoms with Gasteiger partial charge in [0.25, 0.3) is 0 Å². The Labute approximate surface area is 121 Å². The largest absolute Gasteiger partial charge is 0.491 e. The number of hydrogen-bond donors (Lipinski definition) is 1. The van der Waals surface area contributed by atoms with Crippen LogP contribution in [0.3, 0.4) is 0 Å². The first-order chi connectivity index (χ1) is 9.78. The molecule has 104 valence electrons. The Bertz CT molecular complexity index is 545. The second-order valence-electron chi connectivity index (χ2n) is 4.20.